The predicted molar refractivity (Wildman–Crippen MR) is 111 cm³/mol. The number of aryl methyl sites for hydroxylation is 1. The topological polar surface area (TPSA) is 65.8 Å². The van der Waals surface area contributed by atoms with Crippen LogP contribution in [0, 0.1) is 0 Å². The summed E-state index contributed by atoms with van der Waals surface area (Å²) in [7, 11) is 5.48. The maximum absolute atomic E-state index is 12.0. The van der Waals surface area contributed by atoms with Crippen molar-refractivity contribution in [2.75, 3.05) is 33.7 Å². The number of likely N-dealkylation sites (tertiary alicyclic amines) is 1. The van der Waals surface area contributed by atoms with Gasteiger partial charge in [-0.1, -0.05) is 12.1 Å². The van der Waals surface area contributed by atoms with E-state index in [1.165, 1.54) is 5.56 Å². The number of benzene rings is 1. The van der Waals surface area contributed by atoms with Crippen molar-refractivity contribution in [3.63, 3.8) is 0 Å². The molecule has 0 radical (unpaired) electrons. The number of guanidine groups is 1. The molecule has 1 unspecified atom stereocenters. The first-order valence-corrected chi connectivity index (χ1v) is 9.80. The Bertz CT molecular complexity index is 824. The molecule has 28 heavy (non-hydrogen) atoms. The second kappa shape index (κ2) is 8.91. The quantitative estimate of drug-likeness (QED) is 0.635. The lowest BCUT2D eigenvalue weighted by Crippen LogP contribution is -2.40. The molecule has 1 aliphatic rings. The van der Waals surface area contributed by atoms with Gasteiger partial charge in [0.05, 0.1) is 12.7 Å². The molecule has 3 rings (SSSR count). The van der Waals surface area contributed by atoms with Gasteiger partial charge in [-0.3, -0.25) is 9.48 Å². The van der Waals surface area contributed by atoms with Crippen LogP contribution in [0.4, 0.5) is 0 Å². The molecular weight excluding hydrogens is 352 g/mol. The fraction of sp³-hybridized carbons (Fsp3) is 0.476. The minimum absolute atomic E-state index is 0.0156. The standard InChI is InChI=1S/C21H30N6O/c1-5-22-21(27-11-10-18(15-27)19-13-24-26(4)14-19)23-12-16-6-8-17(9-7-16)20(28)25(2)3/h6-9,13-14,18H,5,10-12,15H2,1-4H3,(H,22,23). The van der Waals surface area contributed by atoms with Gasteiger partial charge >= 0.3 is 0 Å². The molecule has 0 saturated carbocycles. The number of nitrogens with zero attached hydrogens (tertiary/aromatic N) is 5. The number of carbonyl (C=O) groups excluding carboxylic acids is 1. The molecule has 1 amide bonds. The van der Waals surface area contributed by atoms with Crippen molar-refractivity contribution in [2.24, 2.45) is 12.0 Å². The molecular formula is C21H30N6O. The zero-order valence-corrected chi connectivity index (χ0v) is 17.2. The van der Waals surface area contributed by atoms with Gasteiger partial charge in [0.1, 0.15) is 0 Å². The average molecular weight is 383 g/mol. The fourth-order valence-electron chi connectivity index (χ4n) is 3.48. The maximum Gasteiger partial charge on any atom is 0.253 e. The molecule has 7 heteroatoms. The van der Waals surface area contributed by atoms with Gasteiger partial charge in [0.15, 0.2) is 5.96 Å². The number of carbonyl (C=O) groups is 1. The Labute approximate surface area is 167 Å². The normalized spacial score (nSPS) is 17.1. The molecule has 0 bridgehead atoms. The van der Waals surface area contributed by atoms with Gasteiger partial charge in [-0.2, -0.15) is 5.10 Å². The van der Waals surface area contributed by atoms with Gasteiger partial charge in [0.2, 0.25) is 0 Å². The highest BCUT2D eigenvalue weighted by atomic mass is 16.2. The van der Waals surface area contributed by atoms with Crippen molar-refractivity contribution >= 4 is 11.9 Å². The van der Waals surface area contributed by atoms with Crippen LogP contribution in [0.1, 0.15) is 40.7 Å². The first-order valence-electron chi connectivity index (χ1n) is 9.80. The third-order valence-corrected chi connectivity index (χ3v) is 5.04. The molecule has 2 heterocycles. The van der Waals surface area contributed by atoms with E-state index in [1.54, 1.807) is 19.0 Å². The highest BCUT2D eigenvalue weighted by Crippen LogP contribution is 2.26. The van der Waals surface area contributed by atoms with Crippen LogP contribution >= 0.6 is 0 Å². The summed E-state index contributed by atoms with van der Waals surface area (Å²) in [5.41, 5.74) is 3.08. The Kier molecular flexibility index (Phi) is 6.34. The Morgan fingerprint density at radius 2 is 2.07 bits per heavy atom. The molecule has 1 fully saturated rings. The van der Waals surface area contributed by atoms with E-state index in [-0.39, 0.29) is 5.91 Å². The van der Waals surface area contributed by atoms with Gasteiger partial charge in [-0.25, -0.2) is 4.99 Å². The van der Waals surface area contributed by atoms with Gasteiger partial charge in [-0.15, -0.1) is 0 Å². The van der Waals surface area contributed by atoms with Crippen molar-refractivity contribution in [2.45, 2.75) is 25.8 Å². The van der Waals surface area contributed by atoms with Crippen LogP contribution in [0.5, 0.6) is 0 Å². The van der Waals surface area contributed by atoms with Crippen LogP contribution in [0.3, 0.4) is 0 Å². The molecule has 7 nitrogen and oxygen atoms in total. The van der Waals surface area contributed by atoms with Crippen LogP contribution in [-0.2, 0) is 13.6 Å². The molecule has 1 aliphatic heterocycles. The highest BCUT2D eigenvalue weighted by Gasteiger charge is 2.26. The van der Waals surface area contributed by atoms with E-state index in [0.717, 1.165) is 37.6 Å². The van der Waals surface area contributed by atoms with Crippen LogP contribution < -0.4 is 5.32 Å². The molecule has 2 aromatic rings. The Morgan fingerprint density at radius 1 is 1.32 bits per heavy atom. The zero-order valence-electron chi connectivity index (χ0n) is 17.2. The summed E-state index contributed by atoms with van der Waals surface area (Å²) in [6, 6.07) is 7.70. The molecule has 1 saturated heterocycles. The Hall–Kier alpha value is -2.83. The Morgan fingerprint density at radius 3 is 2.68 bits per heavy atom. The molecule has 0 aliphatic carbocycles. The third kappa shape index (κ3) is 4.71. The SMILES string of the molecule is CCNC(=NCc1ccc(C(=O)N(C)C)cc1)N1CCC(c2cnn(C)c2)C1. The summed E-state index contributed by atoms with van der Waals surface area (Å²) in [6.07, 6.45) is 5.18. The minimum atomic E-state index is 0.0156. The number of nitrogens with one attached hydrogen (secondary N) is 1. The van der Waals surface area contributed by atoms with Crippen LogP contribution in [0.15, 0.2) is 41.7 Å². The number of aromatic nitrogens is 2. The lowest BCUT2D eigenvalue weighted by molar-refractivity contribution is 0.0827. The summed E-state index contributed by atoms with van der Waals surface area (Å²) in [4.78, 5) is 20.7. The maximum atomic E-state index is 12.0. The lowest BCUT2D eigenvalue weighted by Gasteiger charge is -2.21. The summed E-state index contributed by atoms with van der Waals surface area (Å²) in [6.45, 7) is 5.46. The van der Waals surface area contributed by atoms with E-state index in [4.69, 9.17) is 4.99 Å². The summed E-state index contributed by atoms with van der Waals surface area (Å²) in [5, 5.41) is 7.71. The molecule has 150 valence electrons. The van der Waals surface area contributed by atoms with E-state index in [1.807, 2.05) is 42.2 Å². The summed E-state index contributed by atoms with van der Waals surface area (Å²) < 4.78 is 1.86. The number of aliphatic imine (C=N–C) groups is 1. The number of hydrogen-bond acceptors (Lipinski definition) is 3. The second-order valence-electron chi connectivity index (χ2n) is 7.45. The first kappa shape index (κ1) is 19.9. The van der Waals surface area contributed by atoms with E-state index < -0.39 is 0 Å². The second-order valence-corrected chi connectivity index (χ2v) is 7.45. The van der Waals surface area contributed by atoms with Gasteiger partial charge in [-0.05, 0) is 36.6 Å². The van der Waals surface area contributed by atoms with Gasteiger partial charge in [0.25, 0.3) is 5.91 Å². The summed E-state index contributed by atoms with van der Waals surface area (Å²) in [5.74, 6) is 1.46. The molecule has 1 aromatic carbocycles. The first-order chi connectivity index (χ1) is 13.5. The van der Waals surface area contributed by atoms with E-state index >= 15 is 0 Å². The van der Waals surface area contributed by atoms with E-state index in [0.29, 0.717) is 18.0 Å². The van der Waals surface area contributed by atoms with Crippen molar-refractivity contribution in [1.29, 1.82) is 0 Å². The number of rotatable bonds is 5. The smallest absolute Gasteiger partial charge is 0.253 e. The van der Waals surface area contributed by atoms with Gasteiger partial charge < -0.3 is 15.1 Å². The van der Waals surface area contributed by atoms with E-state index in [2.05, 4.69) is 28.4 Å². The van der Waals surface area contributed by atoms with Gasteiger partial charge in [0, 0.05) is 58.5 Å². The zero-order chi connectivity index (χ0) is 20.1. The molecule has 1 atom stereocenters. The monoisotopic (exact) mass is 382 g/mol. The summed E-state index contributed by atoms with van der Waals surface area (Å²) >= 11 is 0. The number of amides is 1. The highest BCUT2D eigenvalue weighted by molar-refractivity contribution is 5.93. The van der Waals surface area contributed by atoms with E-state index in [9.17, 15) is 4.79 Å². The lowest BCUT2D eigenvalue weighted by atomic mass is 10.0. The minimum Gasteiger partial charge on any atom is -0.357 e. The third-order valence-electron chi connectivity index (χ3n) is 5.04. The Balaban J connectivity index is 1.65. The molecule has 1 N–H and O–H groups in total. The van der Waals surface area contributed by atoms with Crippen LogP contribution in [-0.4, -0.2) is 65.2 Å². The van der Waals surface area contributed by atoms with Crippen molar-refractivity contribution in [3.8, 4) is 0 Å². The molecule has 1 aromatic heterocycles. The van der Waals surface area contributed by atoms with Crippen molar-refractivity contribution in [1.82, 2.24) is 24.9 Å². The van der Waals surface area contributed by atoms with Crippen molar-refractivity contribution in [3.05, 3.63) is 53.3 Å². The average Bonchev–Trinajstić information content (AvgIpc) is 3.34. The van der Waals surface area contributed by atoms with Crippen LogP contribution in [0.2, 0.25) is 0 Å². The number of hydrogen-bond donors (Lipinski definition) is 1. The largest absolute Gasteiger partial charge is 0.357 e. The van der Waals surface area contributed by atoms with Crippen LogP contribution in [0.25, 0.3) is 0 Å². The fourth-order valence-corrected chi connectivity index (χ4v) is 3.48. The predicted octanol–water partition coefficient (Wildman–Crippen LogP) is 2.08. The van der Waals surface area contributed by atoms with Crippen molar-refractivity contribution < 1.29 is 4.79 Å². The molecule has 0 spiro atoms.